The van der Waals surface area contributed by atoms with E-state index >= 15 is 0 Å². The Labute approximate surface area is 151 Å². The highest BCUT2D eigenvalue weighted by Gasteiger charge is 2.26. The van der Waals surface area contributed by atoms with Gasteiger partial charge < -0.3 is 14.8 Å². The van der Waals surface area contributed by atoms with E-state index in [0.717, 1.165) is 0 Å². The molecule has 7 nitrogen and oxygen atoms in total. The summed E-state index contributed by atoms with van der Waals surface area (Å²) in [5.74, 6) is 0.839. The number of fused-ring (bicyclic) bond motifs is 1. The second kappa shape index (κ2) is 7.09. The minimum Gasteiger partial charge on any atom is -0.454 e. The number of nitrogens with one attached hydrogen (secondary N) is 1. The largest absolute Gasteiger partial charge is 0.454 e. The van der Waals surface area contributed by atoms with Crippen LogP contribution in [0, 0.1) is 0 Å². The first-order valence-electron chi connectivity index (χ1n) is 7.83. The lowest BCUT2D eigenvalue weighted by Crippen LogP contribution is -2.31. The van der Waals surface area contributed by atoms with Crippen LogP contribution in [0.2, 0.25) is 0 Å². The lowest BCUT2D eigenvalue weighted by Gasteiger charge is -2.23. The summed E-state index contributed by atoms with van der Waals surface area (Å²) in [6.45, 7) is 5.23. The molecule has 3 rings (SSSR count). The lowest BCUT2D eigenvalue weighted by molar-refractivity contribution is -0.114. The molecule has 2 aromatic carbocycles. The molecule has 0 aromatic heterocycles. The summed E-state index contributed by atoms with van der Waals surface area (Å²) in [7, 11) is -3.83. The smallest absolute Gasteiger partial charge is 0.264 e. The standard InChI is InChI=1S/C18H18N2O5S/c1-3-10-20(15-6-9-17-18(11-15)25-12-24-17)26(22,23)16-7-4-14(5-8-16)19-13(2)21/h3-9,11H,1,10,12H2,2H3,(H,19,21). The van der Waals surface area contributed by atoms with Crippen LogP contribution in [-0.4, -0.2) is 27.7 Å². The molecule has 1 aliphatic heterocycles. The predicted octanol–water partition coefficient (Wildman–Crippen LogP) is 2.76. The van der Waals surface area contributed by atoms with Crippen LogP contribution < -0.4 is 19.1 Å². The molecule has 1 N–H and O–H groups in total. The normalized spacial score (nSPS) is 12.5. The lowest BCUT2D eigenvalue weighted by atomic mass is 10.3. The third-order valence-electron chi connectivity index (χ3n) is 3.70. The number of ether oxygens (including phenoxy) is 2. The fourth-order valence-electron chi connectivity index (χ4n) is 2.54. The number of anilines is 2. The van der Waals surface area contributed by atoms with Crippen molar-refractivity contribution in [3.63, 3.8) is 0 Å². The highest BCUT2D eigenvalue weighted by molar-refractivity contribution is 7.92. The topological polar surface area (TPSA) is 84.9 Å². The maximum atomic E-state index is 13.1. The first-order chi connectivity index (χ1) is 12.4. The van der Waals surface area contributed by atoms with Crippen molar-refractivity contribution in [3.8, 4) is 11.5 Å². The summed E-state index contributed by atoms with van der Waals surface area (Å²) in [4.78, 5) is 11.2. The Kier molecular flexibility index (Phi) is 4.85. The van der Waals surface area contributed by atoms with Gasteiger partial charge in [0.1, 0.15) is 0 Å². The summed E-state index contributed by atoms with van der Waals surface area (Å²) < 4.78 is 38.0. The number of rotatable bonds is 6. The second-order valence-corrected chi connectivity index (χ2v) is 7.43. The van der Waals surface area contributed by atoms with Crippen molar-refractivity contribution in [3.05, 3.63) is 55.1 Å². The van der Waals surface area contributed by atoms with Crippen molar-refractivity contribution in [2.24, 2.45) is 0 Å². The summed E-state index contributed by atoms with van der Waals surface area (Å²) in [6.07, 6.45) is 1.51. The highest BCUT2D eigenvalue weighted by Crippen LogP contribution is 2.37. The van der Waals surface area contributed by atoms with Gasteiger partial charge in [0.2, 0.25) is 12.7 Å². The van der Waals surface area contributed by atoms with E-state index in [4.69, 9.17) is 9.47 Å². The van der Waals surface area contributed by atoms with Gasteiger partial charge in [-0.25, -0.2) is 8.42 Å². The fraction of sp³-hybridized carbons (Fsp3) is 0.167. The molecule has 2 aromatic rings. The van der Waals surface area contributed by atoms with Crippen molar-refractivity contribution in [1.82, 2.24) is 0 Å². The SMILES string of the molecule is C=CCN(c1ccc2c(c1)OCO2)S(=O)(=O)c1ccc(NC(C)=O)cc1. The maximum Gasteiger partial charge on any atom is 0.264 e. The summed E-state index contributed by atoms with van der Waals surface area (Å²) >= 11 is 0. The molecule has 0 fully saturated rings. The molecule has 1 aliphatic rings. The Bertz CT molecular complexity index is 939. The predicted molar refractivity (Wildman–Crippen MR) is 98.0 cm³/mol. The summed E-state index contributed by atoms with van der Waals surface area (Å²) in [5.41, 5.74) is 0.967. The molecule has 1 heterocycles. The number of amides is 1. The summed E-state index contributed by atoms with van der Waals surface area (Å²) in [6, 6.07) is 10.9. The molecule has 0 radical (unpaired) electrons. The summed E-state index contributed by atoms with van der Waals surface area (Å²) in [5, 5.41) is 2.60. The van der Waals surface area contributed by atoms with E-state index in [-0.39, 0.29) is 24.1 Å². The van der Waals surface area contributed by atoms with Gasteiger partial charge in [0, 0.05) is 18.7 Å². The molecular weight excluding hydrogens is 356 g/mol. The van der Waals surface area contributed by atoms with Crippen molar-refractivity contribution in [1.29, 1.82) is 0 Å². The van der Waals surface area contributed by atoms with Crippen LogP contribution in [0.5, 0.6) is 11.5 Å². The average Bonchev–Trinajstić information content (AvgIpc) is 3.07. The van der Waals surface area contributed by atoms with Crippen molar-refractivity contribution in [2.45, 2.75) is 11.8 Å². The maximum absolute atomic E-state index is 13.1. The molecule has 26 heavy (non-hydrogen) atoms. The molecule has 8 heteroatoms. The van der Waals surface area contributed by atoms with Crippen molar-refractivity contribution >= 4 is 27.3 Å². The molecule has 1 amide bonds. The Balaban J connectivity index is 1.95. The van der Waals surface area contributed by atoms with Gasteiger partial charge in [0.05, 0.1) is 17.1 Å². The third kappa shape index (κ3) is 3.50. The van der Waals surface area contributed by atoms with Crippen molar-refractivity contribution in [2.75, 3.05) is 23.0 Å². The van der Waals surface area contributed by atoms with Crippen LogP contribution in [0.3, 0.4) is 0 Å². The van der Waals surface area contributed by atoms with Gasteiger partial charge in [-0.15, -0.1) is 6.58 Å². The number of carbonyl (C=O) groups is 1. The number of hydrogen-bond donors (Lipinski definition) is 1. The van der Waals surface area contributed by atoms with Crippen LogP contribution >= 0.6 is 0 Å². The van der Waals surface area contributed by atoms with Crippen LogP contribution in [0.1, 0.15) is 6.92 Å². The minimum atomic E-state index is -3.83. The van der Waals surface area contributed by atoms with Crippen LogP contribution in [0.15, 0.2) is 60.0 Å². The Morgan fingerprint density at radius 2 is 1.88 bits per heavy atom. The van der Waals surface area contributed by atoms with Crippen LogP contribution in [-0.2, 0) is 14.8 Å². The second-order valence-electron chi connectivity index (χ2n) is 5.57. The van der Waals surface area contributed by atoms with Gasteiger partial charge in [-0.05, 0) is 36.4 Å². The molecule has 0 aliphatic carbocycles. The van der Waals surface area contributed by atoms with E-state index in [0.29, 0.717) is 22.9 Å². The molecule has 136 valence electrons. The van der Waals surface area contributed by atoms with E-state index in [1.807, 2.05) is 0 Å². The van der Waals surface area contributed by atoms with Gasteiger partial charge in [0.25, 0.3) is 10.0 Å². The Morgan fingerprint density at radius 1 is 1.19 bits per heavy atom. The van der Waals surface area contributed by atoms with Crippen molar-refractivity contribution < 1.29 is 22.7 Å². The first kappa shape index (κ1) is 17.8. The van der Waals surface area contributed by atoms with Gasteiger partial charge in [0.15, 0.2) is 11.5 Å². The molecule has 0 atom stereocenters. The first-order valence-corrected chi connectivity index (χ1v) is 9.27. The monoisotopic (exact) mass is 374 g/mol. The van der Waals surface area contributed by atoms with E-state index in [9.17, 15) is 13.2 Å². The van der Waals surface area contributed by atoms with Gasteiger partial charge in [-0.1, -0.05) is 6.08 Å². The molecule has 0 spiro atoms. The van der Waals surface area contributed by atoms with Gasteiger partial charge in [-0.2, -0.15) is 0 Å². The minimum absolute atomic E-state index is 0.0927. The fourth-order valence-corrected chi connectivity index (χ4v) is 3.97. The van der Waals surface area contributed by atoms with Gasteiger partial charge >= 0.3 is 0 Å². The molecule has 0 bridgehead atoms. The number of hydrogen-bond acceptors (Lipinski definition) is 5. The quantitative estimate of drug-likeness (QED) is 0.786. The molecule has 0 saturated carbocycles. The molecular formula is C18H18N2O5S. The number of carbonyl (C=O) groups excluding carboxylic acids is 1. The number of nitrogens with zero attached hydrogens (tertiary/aromatic N) is 1. The third-order valence-corrected chi connectivity index (χ3v) is 5.51. The van der Waals surface area contributed by atoms with E-state index in [1.165, 1.54) is 29.4 Å². The Hall–Kier alpha value is -3.00. The molecule has 0 saturated heterocycles. The zero-order chi connectivity index (χ0) is 18.7. The van der Waals surface area contributed by atoms with Crippen LogP contribution in [0.25, 0.3) is 0 Å². The zero-order valence-electron chi connectivity index (χ0n) is 14.1. The average molecular weight is 374 g/mol. The number of benzene rings is 2. The Morgan fingerprint density at radius 3 is 2.54 bits per heavy atom. The van der Waals surface area contributed by atoms with Crippen LogP contribution in [0.4, 0.5) is 11.4 Å². The van der Waals surface area contributed by atoms with E-state index in [2.05, 4.69) is 11.9 Å². The van der Waals surface area contributed by atoms with E-state index in [1.54, 1.807) is 30.3 Å². The molecule has 0 unspecified atom stereocenters. The highest BCUT2D eigenvalue weighted by atomic mass is 32.2. The van der Waals surface area contributed by atoms with E-state index < -0.39 is 10.0 Å². The number of sulfonamides is 1. The van der Waals surface area contributed by atoms with Gasteiger partial charge in [-0.3, -0.25) is 9.10 Å². The zero-order valence-corrected chi connectivity index (χ0v) is 15.0.